The van der Waals surface area contributed by atoms with Gasteiger partial charge >= 0.3 is 0 Å². The van der Waals surface area contributed by atoms with E-state index in [-0.39, 0.29) is 12.7 Å². The van der Waals surface area contributed by atoms with Crippen LogP contribution in [0.2, 0.25) is 0 Å². The highest BCUT2D eigenvalue weighted by Gasteiger charge is 2.20. The lowest BCUT2D eigenvalue weighted by Gasteiger charge is -2.33. The van der Waals surface area contributed by atoms with Crippen molar-refractivity contribution in [1.29, 1.82) is 0 Å². The van der Waals surface area contributed by atoms with Crippen molar-refractivity contribution < 1.29 is 9.84 Å². The maximum Gasteiger partial charge on any atom is 0.0932 e. The maximum atomic E-state index is 9.21. The summed E-state index contributed by atoms with van der Waals surface area (Å²) in [5, 5.41) is 12.8. The van der Waals surface area contributed by atoms with Gasteiger partial charge in [0.1, 0.15) is 0 Å². The third kappa shape index (κ3) is 5.08. The van der Waals surface area contributed by atoms with Gasteiger partial charge in [0, 0.05) is 25.7 Å². The zero-order valence-corrected chi connectivity index (χ0v) is 13.2. The summed E-state index contributed by atoms with van der Waals surface area (Å²) in [4.78, 5) is 2.39. The molecule has 1 saturated heterocycles. The van der Waals surface area contributed by atoms with Crippen LogP contribution in [0.1, 0.15) is 30.5 Å². The third-order valence-electron chi connectivity index (χ3n) is 4.06. The monoisotopic (exact) mass is 292 g/mol. The molecule has 2 rings (SSSR count). The summed E-state index contributed by atoms with van der Waals surface area (Å²) in [6.07, 6.45) is 1.06. The summed E-state index contributed by atoms with van der Waals surface area (Å²) in [7, 11) is 0. The van der Waals surface area contributed by atoms with Gasteiger partial charge in [-0.3, -0.25) is 4.90 Å². The van der Waals surface area contributed by atoms with Gasteiger partial charge < -0.3 is 15.2 Å². The Morgan fingerprint density at radius 3 is 3.05 bits per heavy atom. The minimum Gasteiger partial charge on any atom is -0.394 e. The third-order valence-corrected chi connectivity index (χ3v) is 4.06. The second-order valence-corrected chi connectivity index (χ2v) is 5.79. The van der Waals surface area contributed by atoms with Crippen molar-refractivity contribution in [1.82, 2.24) is 10.2 Å². The Labute approximate surface area is 128 Å². The molecule has 1 aliphatic heterocycles. The molecule has 1 aromatic rings. The minimum atomic E-state index is -0.0182. The summed E-state index contributed by atoms with van der Waals surface area (Å²) in [5.74, 6) is 0. The molecule has 0 radical (unpaired) electrons. The second-order valence-electron chi connectivity index (χ2n) is 5.79. The average molecular weight is 292 g/mol. The van der Waals surface area contributed by atoms with Crippen LogP contribution in [0.4, 0.5) is 0 Å². The fourth-order valence-corrected chi connectivity index (χ4v) is 2.93. The van der Waals surface area contributed by atoms with Crippen molar-refractivity contribution in [3.63, 3.8) is 0 Å². The van der Waals surface area contributed by atoms with Crippen LogP contribution >= 0.6 is 0 Å². The Morgan fingerprint density at radius 2 is 2.33 bits per heavy atom. The molecule has 2 unspecified atom stereocenters. The standard InChI is InChI=1S/C17H28N2O2/c1-3-18-17(15-6-4-5-14(2)11-15)7-8-19-9-10-21-16(12-19)13-20/h4-6,11,16-18,20H,3,7-10,12-13H2,1-2H3. The Balaban J connectivity index is 1.91. The summed E-state index contributed by atoms with van der Waals surface area (Å²) in [6.45, 7) is 8.94. The number of nitrogens with zero attached hydrogens (tertiary/aromatic N) is 1. The number of rotatable bonds is 7. The van der Waals surface area contributed by atoms with Gasteiger partial charge in [-0.25, -0.2) is 0 Å². The van der Waals surface area contributed by atoms with E-state index in [0.29, 0.717) is 6.04 Å². The maximum absolute atomic E-state index is 9.21. The van der Waals surface area contributed by atoms with Gasteiger partial charge in [-0.1, -0.05) is 36.8 Å². The number of nitrogens with one attached hydrogen (secondary N) is 1. The van der Waals surface area contributed by atoms with Crippen LogP contribution in [0.3, 0.4) is 0 Å². The van der Waals surface area contributed by atoms with Gasteiger partial charge in [0.2, 0.25) is 0 Å². The average Bonchev–Trinajstić information content (AvgIpc) is 2.51. The highest BCUT2D eigenvalue weighted by Crippen LogP contribution is 2.19. The highest BCUT2D eigenvalue weighted by molar-refractivity contribution is 5.25. The van der Waals surface area contributed by atoms with Crippen molar-refractivity contribution in [3.05, 3.63) is 35.4 Å². The van der Waals surface area contributed by atoms with Crippen LogP contribution in [0.5, 0.6) is 0 Å². The van der Waals surface area contributed by atoms with Gasteiger partial charge in [0.05, 0.1) is 19.3 Å². The molecule has 118 valence electrons. The molecular formula is C17H28N2O2. The number of ether oxygens (including phenoxy) is 1. The fraction of sp³-hybridized carbons (Fsp3) is 0.647. The van der Waals surface area contributed by atoms with Crippen LogP contribution < -0.4 is 5.32 Å². The van der Waals surface area contributed by atoms with Gasteiger partial charge in [0.15, 0.2) is 0 Å². The molecule has 2 atom stereocenters. The summed E-state index contributed by atoms with van der Waals surface area (Å²) in [6, 6.07) is 9.14. The normalized spacial score (nSPS) is 21.4. The van der Waals surface area contributed by atoms with E-state index in [4.69, 9.17) is 4.74 Å². The van der Waals surface area contributed by atoms with E-state index in [9.17, 15) is 5.11 Å². The van der Waals surface area contributed by atoms with E-state index in [1.165, 1.54) is 11.1 Å². The zero-order chi connectivity index (χ0) is 15.1. The number of aryl methyl sites for hydroxylation is 1. The molecule has 0 aromatic heterocycles. The number of aliphatic hydroxyl groups is 1. The van der Waals surface area contributed by atoms with Crippen molar-refractivity contribution in [3.8, 4) is 0 Å². The first kappa shape index (κ1) is 16.4. The smallest absolute Gasteiger partial charge is 0.0932 e. The lowest BCUT2D eigenvalue weighted by atomic mass is 10.0. The van der Waals surface area contributed by atoms with Crippen LogP contribution in [0.15, 0.2) is 24.3 Å². The number of benzene rings is 1. The lowest BCUT2D eigenvalue weighted by molar-refractivity contribution is -0.0533. The van der Waals surface area contributed by atoms with Crippen LogP contribution in [0, 0.1) is 6.92 Å². The molecule has 21 heavy (non-hydrogen) atoms. The van der Waals surface area contributed by atoms with E-state index >= 15 is 0 Å². The molecule has 0 amide bonds. The minimum absolute atomic E-state index is 0.0182. The van der Waals surface area contributed by atoms with E-state index in [1.807, 2.05) is 0 Å². The van der Waals surface area contributed by atoms with Gasteiger partial charge in [-0.2, -0.15) is 0 Å². The molecule has 4 heteroatoms. The first-order valence-electron chi connectivity index (χ1n) is 7.97. The number of hydrogen-bond donors (Lipinski definition) is 2. The zero-order valence-electron chi connectivity index (χ0n) is 13.2. The molecule has 4 nitrogen and oxygen atoms in total. The van der Waals surface area contributed by atoms with Gasteiger partial charge in [-0.15, -0.1) is 0 Å². The molecule has 0 aliphatic carbocycles. The fourth-order valence-electron chi connectivity index (χ4n) is 2.93. The predicted octanol–water partition coefficient (Wildman–Crippen LogP) is 1.73. The molecule has 0 spiro atoms. The first-order valence-corrected chi connectivity index (χ1v) is 7.97. The number of aliphatic hydroxyl groups excluding tert-OH is 1. The molecule has 1 aliphatic rings. The molecule has 0 bridgehead atoms. The summed E-state index contributed by atoms with van der Waals surface area (Å²) in [5.41, 5.74) is 2.67. The SMILES string of the molecule is CCNC(CCN1CCOC(CO)C1)c1cccc(C)c1. The Bertz CT molecular complexity index is 425. The second kappa shape index (κ2) is 8.49. The first-order chi connectivity index (χ1) is 10.2. The largest absolute Gasteiger partial charge is 0.394 e. The molecular weight excluding hydrogens is 264 g/mol. The van der Waals surface area contributed by atoms with E-state index < -0.39 is 0 Å². The summed E-state index contributed by atoms with van der Waals surface area (Å²) < 4.78 is 5.50. The van der Waals surface area contributed by atoms with Gasteiger partial charge in [-0.05, 0) is 25.5 Å². The molecule has 1 heterocycles. The Hall–Kier alpha value is -0.940. The van der Waals surface area contributed by atoms with Crippen molar-refractivity contribution in [2.75, 3.05) is 39.4 Å². The van der Waals surface area contributed by atoms with Crippen LogP contribution in [0.25, 0.3) is 0 Å². The Kier molecular flexibility index (Phi) is 6.64. The van der Waals surface area contributed by atoms with Crippen LogP contribution in [-0.4, -0.2) is 55.5 Å². The molecule has 1 fully saturated rings. The van der Waals surface area contributed by atoms with E-state index in [2.05, 4.69) is 48.3 Å². The predicted molar refractivity (Wildman–Crippen MR) is 85.5 cm³/mol. The van der Waals surface area contributed by atoms with E-state index in [0.717, 1.165) is 39.2 Å². The number of hydrogen-bond acceptors (Lipinski definition) is 4. The lowest BCUT2D eigenvalue weighted by Crippen LogP contribution is -2.44. The van der Waals surface area contributed by atoms with Crippen molar-refractivity contribution >= 4 is 0 Å². The van der Waals surface area contributed by atoms with Crippen molar-refractivity contribution in [2.24, 2.45) is 0 Å². The number of morpholine rings is 1. The van der Waals surface area contributed by atoms with E-state index in [1.54, 1.807) is 0 Å². The van der Waals surface area contributed by atoms with Crippen molar-refractivity contribution in [2.45, 2.75) is 32.4 Å². The van der Waals surface area contributed by atoms with Gasteiger partial charge in [0.25, 0.3) is 0 Å². The summed E-state index contributed by atoms with van der Waals surface area (Å²) >= 11 is 0. The quantitative estimate of drug-likeness (QED) is 0.803. The molecule has 1 aromatic carbocycles. The highest BCUT2D eigenvalue weighted by atomic mass is 16.5. The van der Waals surface area contributed by atoms with Crippen LogP contribution in [-0.2, 0) is 4.74 Å². The topological polar surface area (TPSA) is 44.7 Å². The molecule has 0 saturated carbocycles. The Morgan fingerprint density at radius 1 is 1.48 bits per heavy atom. The molecule has 2 N–H and O–H groups in total.